The third kappa shape index (κ3) is 3.36. The third-order valence-corrected chi connectivity index (χ3v) is 1.97. The van der Waals surface area contributed by atoms with Crippen LogP contribution in [-0.4, -0.2) is 11.2 Å². The lowest BCUT2D eigenvalue weighted by Crippen LogP contribution is -2.13. The molecule has 17 heavy (non-hydrogen) atoms. The van der Waals surface area contributed by atoms with Crippen LogP contribution >= 0.6 is 11.6 Å². The first-order chi connectivity index (χ1) is 7.51. The molecule has 0 saturated heterocycles. The van der Waals surface area contributed by atoms with Crippen LogP contribution in [0.1, 0.15) is 11.3 Å². The lowest BCUT2D eigenvalue weighted by Gasteiger charge is -2.12. The Kier molecular flexibility index (Phi) is 3.42. The molecule has 1 rings (SSSR count). The average Bonchev–Trinajstić information content (AvgIpc) is 2.12. The number of aromatic nitrogens is 1. The van der Waals surface area contributed by atoms with Crippen LogP contribution in [0.2, 0.25) is 5.15 Å². The van der Waals surface area contributed by atoms with Gasteiger partial charge in [0.05, 0.1) is 5.57 Å². The molecular weight excluding hydrogens is 272 g/mol. The van der Waals surface area contributed by atoms with Crippen molar-refractivity contribution in [2.24, 2.45) is 0 Å². The summed E-state index contributed by atoms with van der Waals surface area (Å²) in [6, 6.07) is 0.925. The lowest BCUT2D eigenvalue weighted by molar-refractivity contribution is -0.141. The highest BCUT2D eigenvalue weighted by Gasteiger charge is 2.37. The second-order valence-electron chi connectivity index (χ2n) is 3.04. The highest BCUT2D eigenvalue weighted by atomic mass is 35.5. The highest BCUT2D eigenvalue weighted by molar-refractivity contribution is 6.29. The van der Waals surface area contributed by atoms with E-state index in [2.05, 4.69) is 11.6 Å². The molecule has 1 heterocycles. The Labute approximate surface area is 96.7 Å². The maximum absolute atomic E-state index is 12.3. The molecule has 94 valence electrons. The molecule has 0 radical (unpaired) electrons. The van der Waals surface area contributed by atoms with Crippen molar-refractivity contribution in [2.75, 3.05) is 0 Å². The number of pyridine rings is 1. The van der Waals surface area contributed by atoms with Crippen LogP contribution in [-0.2, 0) is 6.18 Å². The molecular formula is C9H4ClF6N. The maximum atomic E-state index is 12.3. The fraction of sp³-hybridized carbons (Fsp3) is 0.222. The molecule has 1 aromatic rings. The van der Waals surface area contributed by atoms with Crippen molar-refractivity contribution < 1.29 is 26.3 Å². The quantitative estimate of drug-likeness (QED) is 0.549. The maximum Gasteiger partial charge on any atom is 0.433 e. The van der Waals surface area contributed by atoms with E-state index in [1.807, 2.05) is 0 Å². The summed E-state index contributed by atoms with van der Waals surface area (Å²) in [7, 11) is 0. The fourth-order valence-electron chi connectivity index (χ4n) is 0.980. The van der Waals surface area contributed by atoms with Crippen LogP contribution in [0.4, 0.5) is 26.3 Å². The van der Waals surface area contributed by atoms with Gasteiger partial charge in [-0.25, -0.2) is 4.98 Å². The van der Waals surface area contributed by atoms with Gasteiger partial charge in [-0.3, -0.25) is 0 Å². The van der Waals surface area contributed by atoms with Gasteiger partial charge in [0.25, 0.3) is 0 Å². The van der Waals surface area contributed by atoms with E-state index in [1.54, 1.807) is 0 Å². The predicted molar refractivity (Wildman–Crippen MR) is 49.3 cm³/mol. The minimum Gasteiger partial charge on any atom is -0.232 e. The van der Waals surface area contributed by atoms with Crippen LogP contribution in [0.15, 0.2) is 18.7 Å². The molecule has 1 nitrogen and oxygen atoms in total. The zero-order valence-corrected chi connectivity index (χ0v) is 8.71. The topological polar surface area (TPSA) is 12.9 Å². The number of rotatable bonds is 1. The Hall–Kier alpha value is -1.24. The molecule has 0 bridgehead atoms. The number of hydrogen-bond acceptors (Lipinski definition) is 1. The van der Waals surface area contributed by atoms with E-state index in [0.29, 0.717) is 6.07 Å². The second kappa shape index (κ2) is 4.21. The smallest absolute Gasteiger partial charge is 0.232 e. The molecule has 0 aromatic carbocycles. The normalized spacial score (nSPS) is 12.6. The Bertz CT molecular complexity index is 448. The third-order valence-electron chi connectivity index (χ3n) is 1.78. The number of alkyl halides is 6. The first kappa shape index (κ1) is 13.8. The molecule has 0 saturated carbocycles. The summed E-state index contributed by atoms with van der Waals surface area (Å²) >= 11 is 5.23. The predicted octanol–water partition coefficient (Wildman–Crippen LogP) is 4.33. The molecule has 0 amide bonds. The van der Waals surface area contributed by atoms with Gasteiger partial charge in [0, 0.05) is 0 Å². The molecule has 0 aliphatic rings. The standard InChI is InChI=1S/C9H4ClF6N/c1-4(8(11,12)13)5-2-6(9(14,15)16)17-7(10)3-5/h2-3H,1H2. The minimum atomic E-state index is -4.87. The van der Waals surface area contributed by atoms with Gasteiger partial charge in [-0.15, -0.1) is 0 Å². The van der Waals surface area contributed by atoms with E-state index in [1.165, 1.54) is 0 Å². The van der Waals surface area contributed by atoms with Gasteiger partial charge in [-0.1, -0.05) is 18.2 Å². The zero-order chi connectivity index (χ0) is 13.4. The van der Waals surface area contributed by atoms with Gasteiger partial charge in [-0.05, 0) is 17.7 Å². The summed E-state index contributed by atoms with van der Waals surface area (Å²) in [5.41, 5.74) is -3.66. The summed E-state index contributed by atoms with van der Waals surface area (Å²) in [4.78, 5) is 2.90. The van der Waals surface area contributed by atoms with Crippen molar-refractivity contribution >= 4 is 17.2 Å². The molecule has 0 spiro atoms. The van der Waals surface area contributed by atoms with E-state index < -0.39 is 34.3 Å². The Morgan fingerprint density at radius 3 is 2.06 bits per heavy atom. The van der Waals surface area contributed by atoms with E-state index in [0.717, 1.165) is 0 Å². The zero-order valence-electron chi connectivity index (χ0n) is 7.95. The molecule has 0 N–H and O–H groups in total. The van der Waals surface area contributed by atoms with Crippen LogP contribution in [0.25, 0.3) is 5.57 Å². The van der Waals surface area contributed by atoms with Crippen LogP contribution in [0.5, 0.6) is 0 Å². The Morgan fingerprint density at radius 1 is 1.12 bits per heavy atom. The van der Waals surface area contributed by atoms with Crippen molar-refractivity contribution in [3.63, 3.8) is 0 Å². The van der Waals surface area contributed by atoms with Gasteiger partial charge in [0.15, 0.2) is 0 Å². The van der Waals surface area contributed by atoms with Crippen molar-refractivity contribution in [1.29, 1.82) is 0 Å². The summed E-state index contributed by atoms with van der Waals surface area (Å²) < 4.78 is 73.6. The van der Waals surface area contributed by atoms with Gasteiger partial charge >= 0.3 is 12.4 Å². The summed E-state index contributed by atoms with van der Waals surface area (Å²) in [5.74, 6) is 0. The van der Waals surface area contributed by atoms with E-state index in [4.69, 9.17) is 11.6 Å². The number of nitrogens with zero attached hydrogens (tertiary/aromatic N) is 1. The molecule has 1 aromatic heterocycles. The Morgan fingerprint density at radius 2 is 1.65 bits per heavy atom. The van der Waals surface area contributed by atoms with Gasteiger partial charge < -0.3 is 0 Å². The molecule has 0 aliphatic heterocycles. The second-order valence-corrected chi connectivity index (χ2v) is 3.43. The van der Waals surface area contributed by atoms with E-state index in [9.17, 15) is 26.3 Å². The lowest BCUT2D eigenvalue weighted by atomic mass is 10.1. The first-order valence-electron chi connectivity index (χ1n) is 4.03. The number of hydrogen-bond donors (Lipinski definition) is 0. The largest absolute Gasteiger partial charge is 0.433 e. The molecule has 8 heteroatoms. The fourth-order valence-corrected chi connectivity index (χ4v) is 1.19. The van der Waals surface area contributed by atoms with E-state index in [-0.39, 0.29) is 6.07 Å². The minimum absolute atomic E-state index is 0.252. The monoisotopic (exact) mass is 275 g/mol. The first-order valence-corrected chi connectivity index (χ1v) is 4.41. The molecule has 0 unspecified atom stereocenters. The SMILES string of the molecule is C=C(c1cc(Cl)nc(C(F)(F)F)c1)C(F)(F)F. The molecule has 0 atom stereocenters. The van der Waals surface area contributed by atoms with Crippen molar-refractivity contribution in [2.45, 2.75) is 12.4 Å². The van der Waals surface area contributed by atoms with Crippen LogP contribution in [0.3, 0.4) is 0 Å². The van der Waals surface area contributed by atoms with Crippen molar-refractivity contribution in [3.05, 3.63) is 35.1 Å². The van der Waals surface area contributed by atoms with E-state index >= 15 is 0 Å². The molecule has 0 aliphatic carbocycles. The average molecular weight is 276 g/mol. The van der Waals surface area contributed by atoms with Crippen LogP contribution in [0, 0.1) is 0 Å². The van der Waals surface area contributed by atoms with Crippen molar-refractivity contribution in [3.8, 4) is 0 Å². The Balaban J connectivity index is 3.29. The summed E-state index contributed by atoms with van der Waals surface area (Å²) in [6.45, 7) is 2.68. The van der Waals surface area contributed by atoms with Crippen molar-refractivity contribution in [1.82, 2.24) is 4.98 Å². The van der Waals surface area contributed by atoms with Gasteiger partial charge in [0.1, 0.15) is 10.8 Å². The molecule has 0 fully saturated rings. The highest BCUT2D eigenvalue weighted by Crippen LogP contribution is 2.36. The number of halogens is 7. The van der Waals surface area contributed by atoms with Gasteiger partial charge in [0.2, 0.25) is 0 Å². The summed E-state index contributed by atoms with van der Waals surface area (Å²) in [5, 5.41) is -0.680. The number of allylic oxidation sites excluding steroid dienone is 1. The van der Waals surface area contributed by atoms with Gasteiger partial charge in [-0.2, -0.15) is 26.3 Å². The summed E-state index contributed by atoms with van der Waals surface area (Å²) in [6.07, 6.45) is -9.70. The van der Waals surface area contributed by atoms with Crippen LogP contribution < -0.4 is 0 Å².